The van der Waals surface area contributed by atoms with E-state index in [2.05, 4.69) is 11.4 Å². The van der Waals surface area contributed by atoms with Gasteiger partial charge in [0.05, 0.1) is 12.7 Å². The summed E-state index contributed by atoms with van der Waals surface area (Å²) in [5.41, 5.74) is 1.12. The summed E-state index contributed by atoms with van der Waals surface area (Å²) < 4.78 is 0. The number of fused-ring (bicyclic) bond motifs is 1. The van der Waals surface area contributed by atoms with E-state index >= 15 is 0 Å². The Morgan fingerprint density at radius 3 is 3.33 bits per heavy atom. The number of allylic oxidation sites excluding steroid dienone is 2. The largest absolute Gasteiger partial charge is 0.302 e. The molecule has 0 aromatic carbocycles. The first-order chi connectivity index (χ1) is 5.79. The van der Waals surface area contributed by atoms with Crippen LogP contribution in [0.5, 0.6) is 0 Å². The highest BCUT2D eigenvalue weighted by molar-refractivity contribution is 5.76. The van der Waals surface area contributed by atoms with Crippen LogP contribution >= 0.6 is 0 Å². The molecule has 1 atom stereocenters. The Kier molecular flexibility index (Phi) is 1.73. The van der Waals surface area contributed by atoms with Crippen molar-refractivity contribution in [3.05, 3.63) is 23.9 Å². The molecule has 1 aliphatic carbocycles. The van der Waals surface area contributed by atoms with Gasteiger partial charge in [0.25, 0.3) is 0 Å². The summed E-state index contributed by atoms with van der Waals surface area (Å²) in [5, 5.41) is 3.28. The van der Waals surface area contributed by atoms with Gasteiger partial charge in [0, 0.05) is 12.6 Å². The van der Waals surface area contributed by atoms with Gasteiger partial charge in [-0.3, -0.25) is 10.1 Å². The quantitative estimate of drug-likeness (QED) is 0.569. The summed E-state index contributed by atoms with van der Waals surface area (Å²) in [6, 6.07) is 0.360. The van der Waals surface area contributed by atoms with E-state index < -0.39 is 0 Å². The van der Waals surface area contributed by atoms with Gasteiger partial charge in [-0.25, -0.2) is 0 Å². The van der Waals surface area contributed by atoms with Crippen LogP contribution in [0.25, 0.3) is 0 Å². The summed E-state index contributed by atoms with van der Waals surface area (Å²) >= 11 is 0. The Labute approximate surface area is 71.7 Å². The van der Waals surface area contributed by atoms with Crippen molar-refractivity contribution in [2.75, 3.05) is 6.67 Å². The molecule has 0 aromatic rings. The Hall–Kier alpha value is -1.09. The summed E-state index contributed by atoms with van der Waals surface area (Å²) in [6.07, 6.45) is 7.13. The maximum atomic E-state index is 11.1. The van der Waals surface area contributed by atoms with E-state index in [1.807, 2.05) is 12.2 Å². The van der Waals surface area contributed by atoms with E-state index in [9.17, 15) is 4.79 Å². The third kappa shape index (κ3) is 1.06. The molecule has 0 saturated carbocycles. The summed E-state index contributed by atoms with van der Waals surface area (Å²) in [7, 11) is 0. The molecule has 0 aromatic heterocycles. The maximum absolute atomic E-state index is 11.1. The first-order valence-electron chi connectivity index (χ1n) is 4.17. The molecule has 1 unspecified atom stereocenters. The molecule has 0 radical (unpaired) electrons. The standard InChI is InChI=1S/C9H12N2O/c1-7(12)11-6-10-8-4-2-3-5-9(8)11/h2-3,5,8,10H,4,6H2,1H3. The summed E-state index contributed by atoms with van der Waals surface area (Å²) in [4.78, 5) is 12.9. The second kappa shape index (κ2) is 2.75. The van der Waals surface area contributed by atoms with Crippen molar-refractivity contribution in [2.45, 2.75) is 19.4 Å². The Morgan fingerprint density at radius 2 is 2.58 bits per heavy atom. The monoisotopic (exact) mass is 164 g/mol. The lowest BCUT2D eigenvalue weighted by Crippen LogP contribution is -2.25. The topological polar surface area (TPSA) is 32.3 Å². The fraction of sp³-hybridized carbons (Fsp3) is 0.444. The SMILES string of the molecule is CC(=O)N1CNC2CC=CC=C21. The minimum Gasteiger partial charge on any atom is -0.302 e. The third-order valence-corrected chi connectivity index (χ3v) is 2.32. The molecular weight excluding hydrogens is 152 g/mol. The Morgan fingerprint density at radius 1 is 1.75 bits per heavy atom. The number of nitrogens with zero attached hydrogens (tertiary/aromatic N) is 1. The zero-order valence-electron chi connectivity index (χ0n) is 7.08. The van der Waals surface area contributed by atoms with Gasteiger partial charge in [-0.15, -0.1) is 0 Å². The van der Waals surface area contributed by atoms with Crippen molar-refractivity contribution < 1.29 is 4.79 Å². The number of rotatable bonds is 0. The van der Waals surface area contributed by atoms with E-state index in [0.29, 0.717) is 12.7 Å². The van der Waals surface area contributed by atoms with Crippen LogP contribution in [0.15, 0.2) is 23.9 Å². The number of hydrogen-bond donors (Lipinski definition) is 1. The van der Waals surface area contributed by atoms with Gasteiger partial charge in [0.15, 0.2) is 0 Å². The Bertz CT molecular complexity index is 268. The van der Waals surface area contributed by atoms with Crippen LogP contribution in [0.1, 0.15) is 13.3 Å². The van der Waals surface area contributed by atoms with Gasteiger partial charge >= 0.3 is 0 Å². The normalized spacial score (nSPS) is 26.9. The van der Waals surface area contributed by atoms with Gasteiger partial charge in [-0.05, 0) is 12.5 Å². The zero-order valence-corrected chi connectivity index (χ0v) is 7.08. The van der Waals surface area contributed by atoms with Crippen LogP contribution in [-0.2, 0) is 4.79 Å². The number of carbonyl (C=O) groups is 1. The van der Waals surface area contributed by atoms with E-state index in [1.165, 1.54) is 0 Å². The van der Waals surface area contributed by atoms with Gasteiger partial charge in [0.2, 0.25) is 5.91 Å². The molecule has 64 valence electrons. The van der Waals surface area contributed by atoms with E-state index in [1.54, 1.807) is 11.8 Å². The van der Waals surface area contributed by atoms with Crippen LogP contribution in [0.4, 0.5) is 0 Å². The van der Waals surface area contributed by atoms with E-state index in [-0.39, 0.29) is 5.91 Å². The minimum absolute atomic E-state index is 0.117. The lowest BCUT2D eigenvalue weighted by Gasteiger charge is -2.18. The third-order valence-electron chi connectivity index (χ3n) is 2.32. The number of carbonyl (C=O) groups excluding carboxylic acids is 1. The molecule has 1 saturated heterocycles. The predicted molar refractivity (Wildman–Crippen MR) is 46.2 cm³/mol. The molecule has 1 fully saturated rings. The molecule has 0 spiro atoms. The van der Waals surface area contributed by atoms with Crippen LogP contribution in [-0.4, -0.2) is 23.5 Å². The molecule has 1 amide bonds. The fourth-order valence-corrected chi connectivity index (χ4v) is 1.67. The molecule has 3 nitrogen and oxygen atoms in total. The summed E-state index contributed by atoms with van der Waals surface area (Å²) in [5.74, 6) is 0.117. The smallest absolute Gasteiger partial charge is 0.224 e. The van der Waals surface area contributed by atoms with Crippen molar-refractivity contribution in [1.82, 2.24) is 10.2 Å². The van der Waals surface area contributed by atoms with Gasteiger partial charge in [-0.1, -0.05) is 12.2 Å². The molecule has 1 heterocycles. The number of amides is 1. The van der Waals surface area contributed by atoms with Crippen molar-refractivity contribution >= 4 is 5.91 Å². The highest BCUT2D eigenvalue weighted by Crippen LogP contribution is 2.21. The summed E-state index contributed by atoms with van der Waals surface area (Å²) in [6.45, 7) is 2.26. The molecule has 0 bridgehead atoms. The molecule has 3 heteroatoms. The molecule has 1 aliphatic heterocycles. The molecule has 2 aliphatic rings. The van der Waals surface area contributed by atoms with Crippen LogP contribution in [0, 0.1) is 0 Å². The first kappa shape index (κ1) is 7.55. The molecule has 1 N–H and O–H groups in total. The fourth-order valence-electron chi connectivity index (χ4n) is 1.67. The molecule has 2 rings (SSSR count). The average molecular weight is 164 g/mol. The van der Waals surface area contributed by atoms with E-state index in [4.69, 9.17) is 0 Å². The second-order valence-corrected chi connectivity index (χ2v) is 3.12. The highest BCUT2D eigenvalue weighted by Gasteiger charge is 2.29. The minimum atomic E-state index is 0.117. The zero-order chi connectivity index (χ0) is 8.55. The lowest BCUT2D eigenvalue weighted by atomic mass is 10.1. The number of hydrogen-bond acceptors (Lipinski definition) is 2. The van der Waals surface area contributed by atoms with Gasteiger partial charge < -0.3 is 4.90 Å². The highest BCUT2D eigenvalue weighted by atomic mass is 16.2. The van der Waals surface area contributed by atoms with Crippen molar-refractivity contribution in [2.24, 2.45) is 0 Å². The van der Waals surface area contributed by atoms with Crippen LogP contribution in [0.2, 0.25) is 0 Å². The Balaban J connectivity index is 2.25. The maximum Gasteiger partial charge on any atom is 0.224 e. The lowest BCUT2D eigenvalue weighted by molar-refractivity contribution is -0.126. The van der Waals surface area contributed by atoms with Gasteiger partial charge in [0.1, 0.15) is 0 Å². The van der Waals surface area contributed by atoms with Crippen LogP contribution in [0.3, 0.4) is 0 Å². The first-order valence-corrected chi connectivity index (χ1v) is 4.17. The van der Waals surface area contributed by atoms with E-state index in [0.717, 1.165) is 12.1 Å². The second-order valence-electron chi connectivity index (χ2n) is 3.12. The molecular formula is C9H12N2O. The van der Waals surface area contributed by atoms with Crippen molar-refractivity contribution in [3.8, 4) is 0 Å². The number of nitrogens with one attached hydrogen (secondary N) is 1. The van der Waals surface area contributed by atoms with Crippen LogP contribution < -0.4 is 5.32 Å². The van der Waals surface area contributed by atoms with Crippen molar-refractivity contribution in [1.29, 1.82) is 0 Å². The predicted octanol–water partition coefficient (Wildman–Crippen LogP) is 0.608. The molecule has 12 heavy (non-hydrogen) atoms. The average Bonchev–Trinajstić information content (AvgIpc) is 2.47. The van der Waals surface area contributed by atoms with Gasteiger partial charge in [-0.2, -0.15) is 0 Å². The van der Waals surface area contributed by atoms with Crippen molar-refractivity contribution in [3.63, 3.8) is 0 Å².